The van der Waals surface area contributed by atoms with Crippen molar-refractivity contribution in [2.45, 2.75) is 6.18 Å². The van der Waals surface area contributed by atoms with Crippen LogP contribution in [0, 0.1) is 4.91 Å². The van der Waals surface area contributed by atoms with Gasteiger partial charge in [0.15, 0.2) is 0 Å². The second-order valence-corrected chi connectivity index (χ2v) is 2.61. The molecule has 15 heavy (non-hydrogen) atoms. The highest BCUT2D eigenvalue weighted by Crippen LogP contribution is 2.28. The highest BCUT2D eigenvalue weighted by molar-refractivity contribution is 5.43. The Bertz CT molecular complexity index is 387. The van der Waals surface area contributed by atoms with Gasteiger partial charge in [0, 0.05) is 6.07 Å². The van der Waals surface area contributed by atoms with Gasteiger partial charge in [-0.2, -0.15) is 13.2 Å². The minimum absolute atomic E-state index is 0.0116. The van der Waals surface area contributed by atoms with Gasteiger partial charge in [0.25, 0.3) is 0 Å². The van der Waals surface area contributed by atoms with Crippen LogP contribution in [0.15, 0.2) is 41.8 Å². The largest absolute Gasteiger partial charge is 0.453 e. The average Bonchev–Trinajstić information content (AvgIpc) is 2.16. The van der Waals surface area contributed by atoms with E-state index in [0.717, 1.165) is 6.07 Å². The van der Waals surface area contributed by atoms with Crippen LogP contribution in [-0.2, 0) is 0 Å². The molecule has 3 nitrogen and oxygen atoms in total. The molecule has 0 aromatic heterocycles. The van der Waals surface area contributed by atoms with E-state index in [2.05, 4.69) is 16.5 Å². The Morgan fingerprint density at radius 2 is 2.07 bits per heavy atom. The van der Waals surface area contributed by atoms with Gasteiger partial charge in [-0.05, 0) is 17.3 Å². The highest BCUT2D eigenvalue weighted by atomic mass is 19.4. The maximum atomic E-state index is 12.0. The predicted molar refractivity (Wildman–Crippen MR) is 47.7 cm³/mol. The summed E-state index contributed by atoms with van der Waals surface area (Å²) in [5, 5.41) is 2.56. The van der Waals surface area contributed by atoms with Crippen LogP contribution in [0.2, 0.25) is 0 Å². The Hall–Kier alpha value is -1.85. The first-order chi connectivity index (χ1) is 6.93. The van der Waals surface area contributed by atoms with E-state index in [9.17, 15) is 18.1 Å². The van der Waals surface area contributed by atoms with Gasteiger partial charge in [0.1, 0.15) is 11.4 Å². The Balaban J connectivity index is 2.81. The van der Waals surface area contributed by atoms with Crippen LogP contribution >= 0.6 is 0 Å². The zero-order valence-corrected chi connectivity index (χ0v) is 7.41. The van der Waals surface area contributed by atoms with Crippen molar-refractivity contribution < 1.29 is 17.9 Å². The van der Waals surface area contributed by atoms with E-state index in [4.69, 9.17) is 0 Å². The van der Waals surface area contributed by atoms with Crippen LogP contribution in [-0.4, -0.2) is 6.18 Å². The Morgan fingerprint density at radius 3 is 2.60 bits per heavy atom. The molecular weight excluding hydrogens is 211 g/mol. The minimum Gasteiger partial charge on any atom is -0.453 e. The monoisotopic (exact) mass is 217 g/mol. The predicted octanol–water partition coefficient (Wildman–Crippen LogP) is 3.54. The quantitative estimate of drug-likeness (QED) is 0.573. The zero-order valence-electron chi connectivity index (χ0n) is 7.41. The van der Waals surface area contributed by atoms with E-state index in [1.54, 1.807) is 0 Å². The van der Waals surface area contributed by atoms with E-state index < -0.39 is 11.9 Å². The smallest absolute Gasteiger partial charge is 0.448 e. The number of hydrogen-bond acceptors (Lipinski definition) is 3. The van der Waals surface area contributed by atoms with Gasteiger partial charge in [0.2, 0.25) is 5.76 Å². The number of allylic oxidation sites excluding steroid dienone is 1. The maximum Gasteiger partial charge on any atom is 0.448 e. The first kappa shape index (κ1) is 11.2. The number of nitroso groups, excluding NO2 is 1. The molecule has 0 unspecified atom stereocenters. The van der Waals surface area contributed by atoms with Crippen molar-refractivity contribution in [1.82, 2.24) is 0 Å². The fourth-order valence-electron chi connectivity index (χ4n) is 0.804. The van der Waals surface area contributed by atoms with Crippen LogP contribution < -0.4 is 4.74 Å². The molecule has 0 bridgehead atoms. The molecule has 1 rings (SSSR count). The van der Waals surface area contributed by atoms with Crippen LogP contribution in [0.5, 0.6) is 5.75 Å². The van der Waals surface area contributed by atoms with Crippen LogP contribution in [0.4, 0.5) is 18.9 Å². The van der Waals surface area contributed by atoms with Gasteiger partial charge < -0.3 is 4.74 Å². The molecular formula is C9H6F3NO2. The van der Waals surface area contributed by atoms with E-state index in [1.165, 1.54) is 18.2 Å². The first-order valence-electron chi connectivity index (χ1n) is 3.81. The van der Waals surface area contributed by atoms with Gasteiger partial charge in [-0.1, -0.05) is 12.6 Å². The lowest BCUT2D eigenvalue weighted by Crippen LogP contribution is -2.15. The number of halogens is 3. The Kier molecular flexibility index (Phi) is 3.08. The second-order valence-electron chi connectivity index (χ2n) is 2.61. The van der Waals surface area contributed by atoms with Gasteiger partial charge >= 0.3 is 6.18 Å². The van der Waals surface area contributed by atoms with E-state index >= 15 is 0 Å². The summed E-state index contributed by atoms with van der Waals surface area (Å²) in [7, 11) is 0. The Labute approximate surface area is 83.1 Å². The van der Waals surface area contributed by atoms with Crippen molar-refractivity contribution in [2.75, 3.05) is 0 Å². The van der Waals surface area contributed by atoms with Crippen LogP contribution in [0.1, 0.15) is 0 Å². The number of nitrogens with zero attached hydrogens (tertiary/aromatic N) is 1. The van der Waals surface area contributed by atoms with Crippen molar-refractivity contribution in [2.24, 2.45) is 5.18 Å². The average molecular weight is 217 g/mol. The van der Waals surface area contributed by atoms with Crippen LogP contribution in [0.3, 0.4) is 0 Å². The SMILES string of the molecule is C=C(Oc1cccc(N=O)c1)C(F)(F)F. The third-order valence-corrected chi connectivity index (χ3v) is 1.48. The first-order valence-corrected chi connectivity index (χ1v) is 3.81. The van der Waals surface area contributed by atoms with E-state index in [0.29, 0.717) is 0 Å². The van der Waals surface area contributed by atoms with Gasteiger partial charge in [-0.15, -0.1) is 4.91 Å². The molecule has 0 spiro atoms. The normalized spacial score (nSPS) is 10.9. The molecule has 1 aromatic rings. The molecule has 0 N–H and O–H groups in total. The molecule has 0 fully saturated rings. The highest BCUT2D eigenvalue weighted by Gasteiger charge is 2.34. The van der Waals surface area contributed by atoms with Crippen molar-refractivity contribution in [1.29, 1.82) is 0 Å². The minimum atomic E-state index is -4.62. The van der Waals surface area contributed by atoms with Crippen LogP contribution in [0.25, 0.3) is 0 Å². The van der Waals surface area contributed by atoms with Crippen molar-refractivity contribution in [3.05, 3.63) is 41.5 Å². The summed E-state index contributed by atoms with van der Waals surface area (Å²) in [4.78, 5) is 10.1. The lowest BCUT2D eigenvalue weighted by Gasteiger charge is -2.11. The third-order valence-electron chi connectivity index (χ3n) is 1.48. The summed E-state index contributed by atoms with van der Waals surface area (Å²) in [6.45, 7) is 2.72. The molecule has 0 radical (unpaired) electrons. The molecule has 0 aliphatic rings. The maximum absolute atomic E-state index is 12.0. The topological polar surface area (TPSA) is 38.7 Å². The summed E-state index contributed by atoms with van der Waals surface area (Å²) in [5.74, 6) is -1.47. The van der Waals surface area contributed by atoms with Gasteiger partial charge in [-0.25, -0.2) is 0 Å². The molecule has 6 heteroatoms. The summed E-state index contributed by atoms with van der Waals surface area (Å²) in [6, 6.07) is 5.06. The van der Waals surface area contributed by atoms with Crippen molar-refractivity contribution in [3.63, 3.8) is 0 Å². The molecule has 80 valence electrons. The summed E-state index contributed by atoms with van der Waals surface area (Å²) in [6.07, 6.45) is -4.62. The number of hydrogen-bond donors (Lipinski definition) is 0. The fraction of sp³-hybridized carbons (Fsp3) is 0.111. The zero-order chi connectivity index (χ0) is 11.5. The molecule has 0 amide bonds. The second kappa shape index (κ2) is 4.12. The van der Waals surface area contributed by atoms with E-state index in [1.807, 2.05) is 0 Å². The summed E-state index contributed by atoms with van der Waals surface area (Å²) < 4.78 is 40.4. The fourth-order valence-corrected chi connectivity index (χ4v) is 0.804. The molecule has 0 atom stereocenters. The molecule has 0 saturated carbocycles. The molecule has 1 aromatic carbocycles. The lowest BCUT2D eigenvalue weighted by atomic mass is 10.3. The summed E-state index contributed by atoms with van der Waals surface area (Å²) >= 11 is 0. The van der Waals surface area contributed by atoms with Crippen molar-refractivity contribution in [3.8, 4) is 5.75 Å². The molecule has 0 aliphatic carbocycles. The third kappa shape index (κ3) is 3.08. The van der Waals surface area contributed by atoms with Crippen molar-refractivity contribution >= 4 is 5.69 Å². The summed E-state index contributed by atoms with van der Waals surface area (Å²) in [5.41, 5.74) is -0.0116. The van der Waals surface area contributed by atoms with E-state index in [-0.39, 0.29) is 11.4 Å². The molecule has 0 saturated heterocycles. The Morgan fingerprint density at radius 1 is 1.40 bits per heavy atom. The number of rotatable bonds is 3. The molecule has 0 aliphatic heterocycles. The van der Waals surface area contributed by atoms with Gasteiger partial charge in [-0.3, -0.25) is 0 Å². The number of benzene rings is 1. The number of alkyl halides is 3. The lowest BCUT2D eigenvalue weighted by molar-refractivity contribution is -0.115. The number of ether oxygens (including phenoxy) is 1. The van der Waals surface area contributed by atoms with Gasteiger partial charge in [0.05, 0.1) is 0 Å². The molecule has 0 heterocycles. The standard InChI is InChI=1S/C9H6F3NO2/c1-6(9(10,11)12)15-8-4-2-3-7(5-8)13-14/h2-5H,1H2.